The van der Waals surface area contributed by atoms with Crippen molar-refractivity contribution in [3.05, 3.63) is 29.3 Å². The van der Waals surface area contributed by atoms with Gasteiger partial charge in [0.15, 0.2) is 0 Å². The third-order valence-electron chi connectivity index (χ3n) is 3.48. The lowest BCUT2D eigenvalue weighted by atomic mass is 9.89. The molecule has 0 fully saturated rings. The van der Waals surface area contributed by atoms with E-state index in [1.807, 2.05) is 12.1 Å². The molecule has 0 aliphatic heterocycles. The molecule has 0 radical (unpaired) electrons. The van der Waals surface area contributed by atoms with E-state index in [1.165, 1.54) is 36.8 Å². The Morgan fingerprint density at radius 2 is 2.00 bits per heavy atom. The van der Waals surface area contributed by atoms with Gasteiger partial charge in [0.25, 0.3) is 0 Å². The van der Waals surface area contributed by atoms with Crippen molar-refractivity contribution in [2.24, 2.45) is 5.92 Å². The molecule has 0 heterocycles. The van der Waals surface area contributed by atoms with Crippen molar-refractivity contribution >= 4 is 5.69 Å². The SMILES string of the molecule is CCCCC(CC)Cc1c(C)cccc1N. The Labute approximate surface area is 100 Å². The maximum Gasteiger partial charge on any atom is 0.0349 e. The van der Waals surface area contributed by atoms with E-state index in [-0.39, 0.29) is 0 Å². The molecule has 0 saturated heterocycles. The second-order valence-corrected chi connectivity index (χ2v) is 4.76. The molecular weight excluding hydrogens is 194 g/mol. The monoisotopic (exact) mass is 219 g/mol. The largest absolute Gasteiger partial charge is 0.398 e. The summed E-state index contributed by atoms with van der Waals surface area (Å²) in [6.45, 7) is 6.71. The normalized spacial score (nSPS) is 12.7. The molecule has 1 unspecified atom stereocenters. The summed E-state index contributed by atoms with van der Waals surface area (Å²) in [6.07, 6.45) is 6.37. The average Bonchev–Trinajstić information content (AvgIpc) is 2.28. The van der Waals surface area contributed by atoms with Gasteiger partial charge >= 0.3 is 0 Å². The van der Waals surface area contributed by atoms with Gasteiger partial charge in [0.2, 0.25) is 0 Å². The Hall–Kier alpha value is -0.980. The lowest BCUT2D eigenvalue weighted by molar-refractivity contribution is 0.449. The van der Waals surface area contributed by atoms with E-state index in [2.05, 4.69) is 26.8 Å². The number of unbranched alkanes of at least 4 members (excludes halogenated alkanes) is 1. The van der Waals surface area contributed by atoms with Crippen LogP contribution in [0.5, 0.6) is 0 Å². The predicted octanol–water partition coefficient (Wildman–Crippen LogP) is 4.34. The van der Waals surface area contributed by atoms with Crippen molar-refractivity contribution in [3.8, 4) is 0 Å². The molecule has 0 saturated carbocycles. The molecule has 1 nitrogen and oxygen atoms in total. The molecule has 1 aromatic carbocycles. The van der Waals surface area contributed by atoms with E-state index in [0.717, 1.165) is 18.0 Å². The van der Waals surface area contributed by atoms with Gasteiger partial charge in [0, 0.05) is 5.69 Å². The van der Waals surface area contributed by atoms with Gasteiger partial charge in [-0.1, -0.05) is 51.7 Å². The van der Waals surface area contributed by atoms with Gasteiger partial charge in [-0.2, -0.15) is 0 Å². The zero-order chi connectivity index (χ0) is 12.0. The van der Waals surface area contributed by atoms with Crippen molar-refractivity contribution in [2.75, 3.05) is 5.73 Å². The molecule has 0 amide bonds. The van der Waals surface area contributed by atoms with E-state index in [9.17, 15) is 0 Å². The summed E-state index contributed by atoms with van der Waals surface area (Å²) in [5.74, 6) is 0.795. The van der Waals surface area contributed by atoms with Gasteiger partial charge in [-0.15, -0.1) is 0 Å². The summed E-state index contributed by atoms with van der Waals surface area (Å²) in [6, 6.07) is 6.23. The Kier molecular flexibility index (Phi) is 5.37. The van der Waals surface area contributed by atoms with Crippen LogP contribution in [-0.2, 0) is 6.42 Å². The molecule has 1 rings (SSSR count). The zero-order valence-electron chi connectivity index (χ0n) is 10.9. The molecule has 16 heavy (non-hydrogen) atoms. The number of hydrogen-bond acceptors (Lipinski definition) is 1. The predicted molar refractivity (Wildman–Crippen MR) is 72.6 cm³/mol. The standard InChI is InChI=1S/C15H25N/c1-4-6-9-13(5-2)11-14-12(3)8-7-10-15(14)16/h7-8,10,13H,4-6,9,11,16H2,1-3H3. The summed E-state index contributed by atoms with van der Waals surface area (Å²) in [5, 5.41) is 0. The van der Waals surface area contributed by atoms with Gasteiger partial charge in [0.05, 0.1) is 0 Å². The third-order valence-corrected chi connectivity index (χ3v) is 3.48. The first-order valence-electron chi connectivity index (χ1n) is 6.53. The smallest absolute Gasteiger partial charge is 0.0349 e. The number of nitrogens with two attached hydrogens (primary N) is 1. The van der Waals surface area contributed by atoms with Crippen LogP contribution in [-0.4, -0.2) is 0 Å². The zero-order valence-corrected chi connectivity index (χ0v) is 10.9. The van der Waals surface area contributed by atoms with Crippen LogP contribution in [0, 0.1) is 12.8 Å². The summed E-state index contributed by atoms with van der Waals surface area (Å²) in [5.41, 5.74) is 9.73. The van der Waals surface area contributed by atoms with E-state index >= 15 is 0 Å². The van der Waals surface area contributed by atoms with Crippen molar-refractivity contribution in [2.45, 2.75) is 52.9 Å². The molecule has 0 spiro atoms. The highest BCUT2D eigenvalue weighted by molar-refractivity contribution is 5.50. The highest BCUT2D eigenvalue weighted by Gasteiger charge is 2.10. The minimum atomic E-state index is 0.795. The van der Waals surface area contributed by atoms with Crippen LogP contribution in [0.15, 0.2) is 18.2 Å². The molecule has 1 heteroatoms. The fourth-order valence-corrected chi connectivity index (χ4v) is 2.24. The second kappa shape index (κ2) is 6.57. The van der Waals surface area contributed by atoms with Crippen LogP contribution in [0.1, 0.15) is 50.7 Å². The minimum Gasteiger partial charge on any atom is -0.398 e. The van der Waals surface area contributed by atoms with E-state index in [4.69, 9.17) is 5.73 Å². The first kappa shape index (κ1) is 13.1. The summed E-state index contributed by atoms with van der Waals surface area (Å²) >= 11 is 0. The molecule has 0 aromatic heterocycles. The second-order valence-electron chi connectivity index (χ2n) is 4.76. The van der Waals surface area contributed by atoms with E-state index < -0.39 is 0 Å². The molecular formula is C15H25N. The number of nitrogen functional groups attached to an aromatic ring is 1. The van der Waals surface area contributed by atoms with Crippen molar-refractivity contribution in [1.82, 2.24) is 0 Å². The van der Waals surface area contributed by atoms with Gasteiger partial charge in [-0.25, -0.2) is 0 Å². The fourth-order valence-electron chi connectivity index (χ4n) is 2.24. The van der Waals surface area contributed by atoms with Crippen LogP contribution in [0.3, 0.4) is 0 Å². The number of anilines is 1. The van der Waals surface area contributed by atoms with Crippen LogP contribution in [0.4, 0.5) is 5.69 Å². The number of aryl methyl sites for hydroxylation is 1. The number of benzene rings is 1. The molecule has 0 bridgehead atoms. The Morgan fingerprint density at radius 3 is 2.56 bits per heavy atom. The summed E-state index contributed by atoms with van der Waals surface area (Å²) < 4.78 is 0. The van der Waals surface area contributed by atoms with Crippen LogP contribution in [0.25, 0.3) is 0 Å². The van der Waals surface area contributed by atoms with Crippen molar-refractivity contribution in [3.63, 3.8) is 0 Å². The minimum absolute atomic E-state index is 0.795. The van der Waals surface area contributed by atoms with Gasteiger partial charge < -0.3 is 5.73 Å². The van der Waals surface area contributed by atoms with Crippen molar-refractivity contribution in [1.29, 1.82) is 0 Å². The molecule has 1 aromatic rings. The average molecular weight is 219 g/mol. The van der Waals surface area contributed by atoms with Crippen molar-refractivity contribution < 1.29 is 0 Å². The number of rotatable bonds is 6. The maximum absolute atomic E-state index is 6.05. The van der Waals surface area contributed by atoms with Gasteiger partial charge in [-0.05, 0) is 36.5 Å². The quantitative estimate of drug-likeness (QED) is 0.708. The van der Waals surface area contributed by atoms with Crippen LogP contribution < -0.4 is 5.73 Å². The first-order valence-corrected chi connectivity index (χ1v) is 6.53. The number of hydrogen-bond donors (Lipinski definition) is 1. The van der Waals surface area contributed by atoms with Crippen LogP contribution in [0.2, 0.25) is 0 Å². The summed E-state index contributed by atoms with van der Waals surface area (Å²) in [7, 11) is 0. The Morgan fingerprint density at radius 1 is 1.25 bits per heavy atom. The van der Waals surface area contributed by atoms with Gasteiger partial charge in [0.1, 0.15) is 0 Å². The maximum atomic E-state index is 6.05. The summed E-state index contributed by atoms with van der Waals surface area (Å²) in [4.78, 5) is 0. The third kappa shape index (κ3) is 3.55. The highest BCUT2D eigenvalue weighted by atomic mass is 14.6. The highest BCUT2D eigenvalue weighted by Crippen LogP contribution is 2.24. The molecule has 2 N–H and O–H groups in total. The Balaban J connectivity index is 2.69. The van der Waals surface area contributed by atoms with E-state index in [1.54, 1.807) is 0 Å². The van der Waals surface area contributed by atoms with E-state index in [0.29, 0.717) is 0 Å². The topological polar surface area (TPSA) is 26.0 Å². The fraction of sp³-hybridized carbons (Fsp3) is 0.600. The van der Waals surface area contributed by atoms with Gasteiger partial charge in [-0.3, -0.25) is 0 Å². The Bertz CT molecular complexity index is 297. The lowest BCUT2D eigenvalue weighted by Crippen LogP contribution is -2.07. The first-order chi connectivity index (χ1) is 7.69. The molecule has 0 aliphatic carbocycles. The molecule has 1 atom stereocenters. The van der Waals surface area contributed by atoms with Crippen LogP contribution >= 0.6 is 0 Å². The molecule has 90 valence electrons. The molecule has 0 aliphatic rings. The lowest BCUT2D eigenvalue weighted by Gasteiger charge is -2.17.